The van der Waals surface area contributed by atoms with Crippen molar-refractivity contribution in [2.45, 2.75) is 40.2 Å². The third kappa shape index (κ3) is 4.04. The van der Waals surface area contributed by atoms with Gasteiger partial charge in [-0.1, -0.05) is 20.8 Å². The second-order valence-electron chi connectivity index (χ2n) is 6.23. The van der Waals surface area contributed by atoms with E-state index in [-0.39, 0.29) is 5.54 Å². The number of hydrogen-bond acceptors (Lipinski definition) is 3. The van der Waals surface area contributed by atoms with Crippen LogP contribution in [0.25, 0.3) is 0 Å². The van der Waals surface area contributed by atoms with Gasteiger partial charge in [0, 0.05) is 25.2 Å². The Labute approximate surface area is 101 Å². The van der Waals surface area contributed by atoms with Crippen LogP contribution in [0.1, 0.15) is 34.6 Å². The minimum absolute atomic E-state index is 0.182. The van der Waals surface area contributed by atoms with Crippen LogP contribution in [0.3, 0.4) is 0 Å². The molecule has 3 heteroatoms. The van der Waals surface area contributed by atoms with Crippen molar-refractivity contribution in [2.75, 3.05) is 39.4 Å². The van der Waals surface area contributed by atoms with Crippen LogP contribution in [-0.2, 0) is 4.74 Å². The molecule has 1 saturated heterocycles. The number of nitrogens with one attached hydrogen (secondary N) is 1. The van der Waals surface area contributed by atoms with Gasteiger partial charge in [0.25, 0.3) is 0 Å². The molecule has 0 saturated carbocycles. The fourth-order valence-corrected chi connectivity index (χ4v) is 2.22. The van der Waals surface area contributed by atoms with Crippen molar-refractivity contribution in [3.05, 3.63) is 0 Å². The zero-order chi connectivity index (χ0) is 12.2. The molecule has 3 nitrogen and oxygen atoms in total. The highest BCUT2D eigenvalue weighted by molar-refractivity contribution is 4.88. The number of hydrogen-bond donors (Lipinski definition) is 1. The average Bonchev–Trinajstić information content (AvgIpc) is 2.18. The summed E-state index contributed by atoms with van der Waals surface area (Å²) in [6.45, 7) is 17.4. The van der Waals surface area contributed by atoms with Crippen LogP contribution >= 0.6 is 0 Å². The van der Waals surface area contributed by atoms with E-state index in [4.69, 9.17) is 4.74 Å². The van der Waals surface area contributed by atoms with Crippen molar-refractivity contribution in [1.29, 1.82) is 0 Å². The van der Waals surface area contributed by atoms with Gasteiger partial charge in [-0.15, -0.1) is 0 Å². The highest BCUT2D eigenvalue weighted by Gasteiger charge is 2.34. The molecule has 0 aliphatic carbocycles. The number of morpholine rings is 1. The molecule has 0 unspecified atom stereocenters. The van der Waals surface area contributed by atoms with Gasteiger partial charge in [0.15, 0.2) is 0 Å². The zero-order valence-corrected chi connectivity index (χ0v) is 11.6. The van der Waals surface area contributed by atoms with Crippen molar-refractivity contribution >= 4 is 0 Å². The summed E-state index contributed by atoms with van der Waals surface area (Å²) in [6.07, 6.45) is 0. The smallest absolute Gasteiger partial charge is 0.0645 e. The molecular weight excluding hydrogens is 200 g/mol. The normalized spacial score (nSPS) is 22.3. The average molecular weight is 228 g/mol. The SMILES string of the molecule is CCNCC(C)(C)CN1CCOCC1(C)C. The molecule has 0 amide bonds. The Morgan fingerprint density at radius 1 is 1.38 bits per heavy atom. The summed E-state index contributed by atoms with van der Waals surface area (Å²) in [5.41, 5.74) is 0.506. The second kappa shape index (κ2) is 5.48. The van der Waals surface area contributed by atoms with E-state index in [1.165, 1.54) is 0 Å². The number of rotatable bonds is 5. The Bertz CT molecular complexity index is 214. The fraction of sp³-hybridized carbons (Fsp3) is 1.00. The van der Waals surface area contributed by atoms with E-state index in [1.807, 2.05) is 0 Å². The Hall–Kier alpha value is -0.120. The van der Waals surface area contributed by atoms with Crippen LogP contribution in [-0.4, -0.2) is 49.8 Å². The maximum absolute atomic E-state index is 5.55. The summed E-state index contributed by atoms with van der Waals surface area (Å²) in [5.74, 6) is 0. The molecule has 96 valence electrons. The Kier molecular flexibility index (Phi) is 4.77. The van der Waals surface area contributed by atoms with Gasteiger partial charge < -0.3 is 10.1 Å². The molecule has 0 spiro atoms. The van der Waals surface area contributed by atoms with Crippen molar-refractivity contribution in [3.63, 3.8) is 0 Å². The lowest BCUT2D eigenvalue weighted by atomic mass is 9.89. The monoisotopic (exact) mass is 228 g/mol. The summed E-state index contributed by atoms with van der Waals surface area (Å²) < 4.78 is 5.55. The summed E-state index contributed by atoms with van der Waals surface area (Å²) >= 11 is 0. The van der Waals surface area contributed by atoms with E-state index in [0.717, 1.165) is 39.4 Å². The fourth-order valence-electron chi connectivity index (χ4n) is 2.22. The maximum Gasteiger partial charge on any atom is 0.0645 e. The van der Waals surface area contributed by atoms with Gasteiger partial charge in [-0.2, -0.15) is 0 Å². The summed E-state index contributed by atoms with van der Waals surface area (Å²) in [7, 11) is 0. The van der Waals surface area contributed by atoms with Gasteiger partial charge in [0.1, 0.15) is 0 Å². The quantitative estimate of drug-likeness (QED) is 0.775. The third-order valence-corrected chi connectivity index (χ3v) is 3.29. The van der Waals surface area contributed by atoms with Crippen molar-refractivity contribution < 1.29 is 4.74 Å². The van der Waals surface area contributed by atoms with E-state index in [2.05, 4.69) is 44.8 Å². The maximum atomic E-state index is 5.55. The lowest BCUT2D eigenvalue weighted by molar-refractivity contribution is -0.0644. The Balaban J connectivity index is 2.50. The van der Waals surface area contributed by atoms with Gasteiger partial charge >= 0.3 is 0 Å². The van der Waals surface area contributed by atoms with E-state index in [0.29, 0.717) is 5.41 Å². The van der Waals surface area contributed by atoms with E-state index < -0.39 is 0 Å². The van der Waals surface area contributed by atoms with Gasteiger partial charge in [-0.3, -0.25) is 4.90 Å². The van der Waals surface area contributed by atoms with Crippen molar-refractivity contribution in [2.24, 2.45) is 5.41 Å². The summed E-state index contributed by atoms with van der Waals surface area (Å²) in [6, 6.07) is 0. The van der Waals surface area contributed by atoms with Crippen LogP contribution in [0.5, 0.6) is 0 Å². The highest BCUT2D eigenvalue weighted by atomic mass is 16.5. The van der Waals surface area contributed by atoms with E-state index >= 15 is 0 Å². The topological polar surface area (TPSA) is 24.5 Å². The molecule has 16 heavy (non-hydrogen) atoms. The molecule has 1 N–H and O–H groups in total. The van der Waals surface area contributed by atoms with E-state index in [9.17, 15) is 0 Å². The van der Waals surface area contributed by atoms with Crippen LogP contribution in [0.4, 0.5) is 0 Å². The highest BCUT2D eigenvalue weighted by Crippen LogP contribution is 2.24. The second-order valence-corrected chi connectivity index (χ2v) is 6.23. The van der Waals surface area contributed by atoms with Crippen LogP contribution in [0, 0.1) is 5.41 Å². The van der Waals surface area contributed by atoms with Crippen LogP contribution < -0.4 is 5.32 Å². The third-order valence-electron chi connectivity index (χ3n) is 3.29. The van der Waals surface area contributed by atoms with E-state index in [1.54, 1.807) is 0 Å². The molecule has 0 aromatic carbocycles. The summed E-state index contributed by atoms with van der Waals surface area (Å²) in [4.78, 5) is 2.56. The van der Waals surface area contributed by atoms with Gasteiger partial charge in [-0.25, -0.2) is 0 Å². The number of nitrogens with zero attached hydrogens (tertiary/aromatic N) is 1. The molecule has 1 aliphatic heterocycles. The first-order chi connectivity index (χ1) is 7.37. The standard InChI is InChI=1S/C13H28N2O/c1-6-14-9-12(2,3)10-15-7-8-16-11-13(15,4)5/h14H,6-11H2,1-5H3. The van der Waals surface area contributed by atoms with Gasteiger partial charge in [-0.05, 0) is 25.8 Å². The molecule has 0 aromatic rings. The van der Waals surface area contributed by atoms with Crippen molar-refractivity contribution in [1.82, 2.24) is 10.2 Å². The van der Waals surface area contributed by atoms with Crippen LogP contribution in [0.15, 0.2) is 0 Å². The van der Waals surface area contributed by atoms with Gasteiger partial charge in [0.2, 0.25) is 0 Å². The Morgan fingerprint density at radius 3 is 2.62 bits per heavy atom. The first kappa shape index (κ1) is 13.9. The molecule has 0 bridgehead atoms. The largest absolute Gasteiger partial charge is 0.378 e. The molecule has 1 aliphatic rings. The molecule has 1 fully saturated rings. The molecular formula is C13H28N2O. The van der Waals surface area contributed by atoms with Gasteiger partial charge in [0.05, 0.1) is 13.2 Å². The lowest BCUT2D eigenvalue weighted by Crippen LogP contribution is -2.56. The summed E-state index contributed by atoms with van der Waals surface area (Å²) in [5, 5.41) is 3.45. The minimum atomic E-state index is 0.182. The molecule has 0 aromatic heterocycles. The first-order valence-corrected chi connectivity index (χ1v) is 6.41. The predicted octanol–water partition coefficient (Wildman–Crippen LogP) is 1.73. The molecule has 1 heterocycles. The first-order valence-electron chi connectivity index (χ1n) is 6.41. The van der Waals surface area contributed by atoms with Crippen LogP contribution in [0.2, 0.25) is 0 Å². The minimum Gasteiger partial charge on any atom is -0.378 e. The molecule has 0 atom stereocenters. The molecule has 0 radical (unpaired) electrons. The number of ether oxygens (including phenoxy) is 1. The van der Waals surface area contributed by atoms with Crippen molar-refractivity contribution in [3.8, 4) is 0 Å². The molecule has 1 rings (SSSR count). The predicted molar refractivity (Wildman–Crippen MR) is 68.8 cm³/mol. The Morgan fingerprint density at radius 2 is 2.06 bits per heavy atom. The zero-order valence-electron chi connectivity index (χ0n) is 11.6. The lowest BCUT2D eigenvalue weighted by Gasteiger charge is -2.45.